The average molecular weight is 594 g/mol. The highest BCUT2D eigenvalue weighted by Gasteiger charge is 2.76. The molecule has 4 aliphatic heterocycles. The second kappa shape index (κ2) is 10.0. The highest BCUT2D eigenvalue weighted by molar-refractivity contribution is 5.98. The van der Waals surface area contributed by atoms with Crippen LogP contribution in [-0.4, -0.2) is 95.2 Å². The minimum atomic E-state index is -2.60. The van der Waals surface area contributed by atoms with Crippen molar-refractivity contribution in [3.63, 3.8) is 0 Å². The molecule has 0 aromatic heterocycles. The molecule has 0 bridgehead atoms. The molecule has 4 aliphatic rings. The SMILES string of the molecule is COc1ccccc1C(=O)NC[C@@H]1N=C(N)N2CC(NC(=O)c3cccc4c3OCCC4(C)C)C(O)(O)C23NC(N)=[NH+][C@@H]13. The van der Waals surface area contributed by atoms with Crippen LogP contribution >= 0.6 is 0 Å². The molecule has 2 aromatic carbocycles. The number of nitrogens with one attached hydrogen (secondary N) is 4. The third-order valence-corrected chi connectivity index (χ3v) is 8.97. The summed E-state index contributed by atoms with van der Waals surface area (Å²) >= 11 is 0. The van der Waals surface area contributed by atoms with Gasteiger partial charge in [-0.3, -0.25) is 25.2 Å². The zero-order chi connectivity index (χ0) is 30.7. The molecule has 228 valence electrons. The molecule has 1 fully saturated rings. The Morgan fingerprint density at radius 2 is 1.91 bits per heavy atom. The van der Waals surface area contributed by atoms with Crippen LogP contribution < -0.4 is 41.9 Å². The highest BCUT2D eigenvalue weighted by Crippen LogP contribution is 2.43. The highest BCUT2D eigenvalue weighted by atomic mass is 16.5. The Kier molecular flexibility index (Phi) is 6.65. The quantitative estimate of drug-likeness (QED) is 0.160. The summed E-state index contributed by atoms with van der Waals surface area (Å²) in [5.41, 5.74) is 12.2. The van der Waals surface area contributed by atoms with Crippen LogP contribution in [0, 0.1) is 0 Å². The van der Waals surface area contributed by atoms with Crippen molar-refractivity contribution in [2.45, 2.75) is 55.3 Å². The smallest absolute Gasteiger partial charge is 0.343 e. The summed E-state index contributed by atoms with van der Waals surface area (Å²) < 4.78 is 11.2. The number of methoxy groups -OCH3 is 1. The fourth-order valence-corrected chi connectivity index (χ4v) is 6.65. The second-order valence-corrected chi connectivity index (χ2v) is 11.9. The Hall–Kier alpha value is -4.56. The summed E-state index contributed by atoms with van der Waals surface area (Å²) in [5, 5.41) is 32.2. The largest absolute Gasteiger partial charge is 0.496 e. The van der Waals surface area contributed by atoms with Gasteiger partial charge in [-0.25, -0.2) is 10.3 Å². The van der Waals surface area contributed by atoms with Gasteiger partial charge in [0.2, 0.25) is 5.79 Å². The number of rotatable bonds is 6. The van der Waals surface area contributed by atoms with Crippen LogP contribution in [0.5, 0.6) is 11.5 Å². The number of fused-ring (bicyclic) bond motifs is 1. The molecule has 43 heavy (non-hydrogen) atoms. The number of ether oxygens (including phenoxy) is 2. The molecule has 0 radical (unpaired) electrons. The lowest BCUT2D eigenvalue weighted by Gasteiger charge is -2.46. The number of aliphatic hydroxyl groups is 2. The molecule has 6 rings (SSSR count). The van der Waals surface area contributed by atoms with E-state index in [2.05, 4.69) is 39.8 Å². The number of carbonyl (C=O) groups is 2. The lowest BCUT2D eigenvalue weighted by Crippen LogP contribution is -2.90. The zero-order valence-electron chi connectivity index (χ0n) is 24.2. The van der Waals surface area contributed by atoms with Crippen LogP contribution in [0.1, 0.15) is 46.5 Å². The molecule has 4 heterocycles. The predicted molar refractivity (Wildman–Crippen MR) is 155 cm³/mol. The molecule has 0 aliphatic carbocycles. The standard InChI is InChI=1S/C29H36N8O6/c1-27(2)11-12-43-21-16(8-6-9-17(21)27)24(39)34-20-14-37-26(31)33-18(22-28(37,29(20,40)41)36-25(30)35-22)13-32-23(38)15-7-4-5-10-19(15)42-3/h4-10,18,20,22,40-41H,11-14H2,1-3H3,(H2,31,33)(H,32,38)(H,34,39)(H3,30,35,36)/p+1/t18-,20?,22-,28?/m0/s1. The molecule has 1 spiro atoms. The third kappa shape index (κ3) is 4.31. The maximum absolute atomic E-state index is 13.6. The predicted octanol–water partition coefficient (Wildman–Crippen LogP) is -2.96. The van der Waals surface area contributed by atoms with Crippen molar-refractivity contribution in [3.8, 4) is 11.5 Å². The van der Waals surface area contributed by atoms with Crippen molar-refractivity contribution in [3.05, 3.63) is 59.2 Å². The van der Waals surface area contributed by atoms with Crippen LogP contribution in [-0.2, 0) is 5.41 Å². The molecule has 2 unspecified atom stereocenters. The summed E-state index contributed by atoms with van der Waals surface area (Å²) in [7, 11) is 1.47. The first-order chi connectivity index (χ1) is 20.4. The summed E-state index contributed by atoms with van der Waals surface area (Å²) in [6.45, 7) is 4.54. The van der Waals surface area contributed by atoms with Crippen LogP contribution in [0.15, 0.2) is 47.5 Å². The van der Waals surface area contributed by atoms with Crippen molar-refractivity contribution in [1.29, 1.82) is 0 Å². The van der Waals surface area contributed by atoms with Crippen molar-refractivity contribution >= 4 is 23.7 Å². The van der Waals surface area contributed by atoms with Crippen molar-refractivity contribution < 1.29 is 34.3 Å². The maximum atomic E-state index is 13.6. The number of amides is 2. The van der Waals surface area contributed by atoms with Gasteiger partial charge in [0.25, 0.3) is 17.5 Å². The lowest BCUT2D eigenvalue weighted by atomic mass is 9.79. The van der Waals surface area contributed by atoms with Crippen molar-refractivity contribution in [2.24, 2.45) is 16.5 Å². The number of guanidine groups is 2. The number of aliphatic imine (C=N–C) groups is 1. The number of nitrogens with zero attached hydrogens (tertiary/aromatic N) is 2. The molecule has 14 heteroatoms. The number of hydrogen-bond acceptors (Lipinski definition) is 11. The van der Waals surface area contributed by atoms with E-state index < -0.39 is 41.4 Å². The van der Waals surface area contributed by atoms with Crippen LogP contribution in [0.4, 0.5) is 0 Å². The molecule has 4 atom stereocenters. The number of benzene rings is 2. The summed E-state index contributed by atoms with van der Waals surface area (Å²) in [6, 6.07) is 9.30. The monoisotopic (exact) mass is 593 g/mol. The van der Waals surface area contributed by atoms with E-state index in [9.17, 15) is 19.8 Å². The molecule has 0 saturated carbocycles. The van der Waals surface area contributed by atoms with E-state index in [1.165, 1.54) is 12.0 Å². The third-order valence-electron chi connectivity index (χ3n) is 8.97. The van der Waals surface area contributed by atoms with E-state index in [4.69, 9.17) is 20.9 Å². The minimum Gasteiger partial charge on any atom is -0.496 e. The molecular formula is C29H37N8O6+. The van der Waals surface area contributed by atoms with E-state index in [0.717, 1.165) is 12.0 Å². The Labute approximate surface area is 248 Å². The first-order valence-electron chi connectivity index (χ1n) is 14.1. The number of hydrogen-bond donors (Lipinski definition) is 8. The number of carbonyl (C=O) groups excluding carboxylic acids is 2. The van der Waals surface area contributed by atoms with Gasteiger partial charge in [-0.15, -0.1) is 0 Å². The Morgan fingerprint density at radius 3 is 2.67 bits per heavy atom. The molecule has 14 nitrogen and oxygen atoms in total. The molecule has 10 N–H and O–H groups in total. The van der Waals surface area contributed by atoms with E-state index in [1.54, 1.807) is 36.4 Å². The van der Waals surface area contributed by atoms with Crippen LogP contribution in [0.2, 0.25) is 0 Å². The first kappa shape index (κ1) is 28.6. The minimum absolute atomic E-state index is 0.0109. The summed E-state index contributed by atoms with van der Waals surface area (Å²) in [4.78, 5) is 35.7. The molecule has 1 saturated heterocycles. The van der Waals surface area contributed by atoms with Gasteiger partial charge in [-0.1, -0.05) is 38.1 Å². The normalized spacial score (nSPS) is 27.7. The van der Waals surface area contributed by atoms with E-state index in [0.29, 0.717) is 29.2 Å². The van der Waals surface area contributed by atoms with E-state index in [1.807, 2.05) is 6.07 Å². The fourth-order valence-electron chi connectivity index (χ4n) is 6.65. The molecular weight excluding hydrogens is 556 g/mol. The van der Waals surface area contributed by atoms with Gasteiger partial charge in [-0.2, -0.15) is 0 Å². The fraction of sp³-hybridized carbons (Fsp3) is 0.448. The summed E-state index contributed by atoms with van der Waals surface area (Å²) in [5.74, 6) is -2.59. The van der Waals surface area contributed by atoms with Crippen molar-refractivity contribution in [2.75, 3.05) is 26.8 Å². The topological polar surface area (TPSA) is 211 Å². The van der Waals surface area contributed by atoms with Gasteiger partial charge >= 0.3 is 5.96 Å². The van der Waals surface area contributed by atoms with Gasteiger partial charge in [0.1, 0.15) is 23.6 Å². The van der Waals surface area contributed by atoms with E-state index >= 15 is 0 Å². The number of nitrogens with two attached hydrogens (primary N) is 2. The second-order valence-electron chi connectivity index (χ2n) is 11.9. The number of para-hydroxylation sites is 2. The van der Waals surface area contributed by atoms with Crippen molar-refractivity contribution in [1.82, 2.24) is 20.9 Å². The molecule has 2 amide bonds. The van der Waals surface area contributed by atoms with E-state index in [-0.39, 0.29) is 30.4 Å². The average Bonchev–Trinajstić information content (AvgIpc) is 3.44. The maximum Gasteiger partial charge on any atom is 0.343 e. The molecule has 2 aromatic rings. The van der Waals surface area contributed by atoms with Gasteiger partial charge < -0.3 is 36.1 Å². The lowest BCUT2D eigenvalue weighted by molar-refractivity contribution is -0.521. The van der Waals surface area contributed by atoms with Crippen LogP contribution in [0.3, 0.4) is 0 Å². The van der Waals surface area contributed by atoms with Gasteiger partial charge in [0, 0.05) is 12.1 Å². The zero-order valence-corrected chi connectivity index (χ0v) is 24.2. The Morgan fingerprint density at radius 1 is 1.16 bits per heavy atom. The first-order valence-corrected chi connectivity index (χ1v) is 14.1. The van der Waals surface area contributed by atoms with Gasteiger partial charge in [0.15, 0.2) is 12.0 Å². The van der Waals surface area contributed by atoms with Gasteiger partial charge in [-0.05, 0) is 30.0 Å². The van der Waals surface area contributed by atoms with Gasteiger partial charge in [0.05, 0.1) is 31.4 Å². The van der Waals surface area contributed by atoms with Crippen LogP contribution in [0.25, 0.3) is 0 Å². The Balaban J connectivity index is 1.26. The summed E-state index contributed by atoms with van der Waals surface area (Å²) in [6.07, 6.45) is 0.804. The Bertz CT molecular complexity index is 1540.